The molecule has 0 spiro atoms. The summed E-state index contributed by atoms with van der Waals surface area (Å²) in [5.74, 6) is 1.06. The van der Waals surface area contributed by atoms with E-state index >= 15 is 0 Å². The van der Waals surface area contributed by atoms with Gasteiger partial charge in [-0.15, -0.1) is 0 Å². The molecule has 2 aliphatic heterocycles. The molecule has 2 N–H and O–H groups in total. The molecule has 0 aromatic heterocycles. The minimum Gasteiger partial charge on any atom is -0.497 e. The lowest BCUT2D eigenvalue weighted by Crippen LogP contribution is -2.58. The van der Waals surface area contributed by atoms with Crippen LogP contribution in [0.15, 0.2) is 48.5 Å². The number of rotatable bonds is 10. The predicted octanol–water partition coefficient (Wildman–Crippen LogP) is 2.81. The number of piperazine rings is 1. The maximum absolute atomic E-state index is 13.8. The van der Waals surface area contributed by atoms with Crippen LogP contribution in [0.2, 0.25) is 0 Å². The molecule has 35 heavy (non-hydrogen) atoms. The molecule has 2 heterocycles. The summed E-state index contributed by atoms with van der Waals surface area (Å²) in [6.07, 6.45) is 4.16. The van der Waals surface area contributed by atoms with E-state index in [9.17, 15) is 9.59 Å². The number of aliphatic carboxylic acids is 1. The lowest BCUT2D eigenvalue weighted by Gasteiger charge is -2.41. The Labute approximate surface area is 206 Å². The zero-order chi connectivity index (χ0) is 24.6. The van der Waals surface area contributed by atoms with E-state index in [-0.39, 0.29) is 11.9 Å². The Kier molecular flexibility index (Phi) is 8.60. The highest BCUT2D eigenvalue weighted by molar-refractivity contribution is 5.98. The van der Waals surface area contributed by atoms with Crippen molar-refractivity contribution in [2.45, 2.75) is 31.7 Å². The van der Waals surface area contributed by atoms with Crippen LogP contribution in [-0.2, 0) is 16.0 Å². The third kappa shape index (κ3) is 6.74. The van der Waals surface area contributed by atoms with Gasteiger partial charge >= 0.3 is 5.97 Å². The van der Waals surface area contributed by atoms with Crippen LogP contribution < -0.4 is 19.7 Å². The van der Waals surface area contributed by atoms with Gasteiger partial charge in [0.05, 0.1) is 13.2 Å². The van der Waals surface area contributed by atoms with Crippen molar-refractivity contribution in [3.63, 3.8) is 0 Å². The molecule has 8 heteroatoms. The number of hydrogen-bond donors (Lipinski definition) is 2. The molecule has 0 unspecified atom stereocenters. The molecule has 2 aromatic rings. The standard InChI is InChI=1S/C27H35N3O5/c1-34-23-6-2-21(3-7-23)18-25-27(33)30(22-4-8-24(9-5-22)35-19-26(31)32)17-16-29(25)15-12-20-10-13-28-14-11-20/h2-9,20,25,28H,10-19H2,1H3,(H,31,32)/t25-/m0/s1. The van der Waals surface area contributed by atoms with Crippen LogP contribution in [0.25, 0.3) is 0 Å². The number of piperidine rings is 1. The lowest BCUT2D eigenvalue weighted by atomic mass is 9.93. The SMILES string of the molecule is COc1ccc(C[C@H]2C(=O)N(c3ccc(OCC(=O)O)cc3)CCN2CCC2CCNCC2)cc1. The Hall–Kier alpha value is -3.10. The van der Waals surface area contributed by atoms with Gasteiger partial charge in [0.2, 0.25) is 5.91 Å². The second kappa shape index (κ2) is 12.0. The van der Waals surface area contributed by atoms with Gasteiger partial charge in [-0.25, -0.2) is 4.79 Å². The summed E-state index contributed by atoms with van der Waals surface area (Å²) in [6.45, 7) is 4.14. The zero-order valence-electron chi connectivity index (χ0n) is 20.3. The predicted molar refractivity (Wildman–Crippen MR) is 134 cm³/mol. The van der Waals surface area contributed by atoms with Gasteiger partial charge in [0.1, 0.15) is 11.5 Å². The second-order valence-corrected chi connectivity index (χ2v) is 9.25. The van der Waals surface area contributed by atoms with Gasteiger partial charge in [-0.2, -0.15) is 0 Å². The fourth-order valence-corrected chi connectivity index (χ4v) is 4.94. The van der Waals surface area contributed by atoms with Crippen molar-refractivity contribution < 1.29 is 24.2 Å². The van der Waals surface area contributed by atoms with Crippen LogP contribution >= 0.6 is 0 Å². The summed E-state index contributed by atoms with van der Waals surface area (Å²) in [6, 6.07) is 14.8. The first-order chi connectivity index (χ1) is 17.0. The average Bonchev–Trinajstić information content (AvgIpc) is 2.89. The van der Waals surface area contributed by atoms with Crippen molar-refractivity contribution in [1.29, 1.82) is 0 Å². The van der Waals surface area contributed by atoms with E-state index in [1.165, 1.54) is 12.8 Å². The van der Waals surface area contributed by atoms with Crippen LogP contribution in [0.3, 0.4) is 0 Å². The minimum atomic E-state index is -1.02. The van der Waals surface area contributed by atoms with Gasteiger partial charge in [-0.05, 0) is 93.2 Å². The first-order valence-corrected chi connectivity index (χ1v) is 12.4. The normalized spacial score (nSPS) is 19.5. The van der Waals surface area contributed by atoms with E-state index < -0.39 is 12.6 Å². The van der Waals surface area contributed by atoms with Crippen molar-refractivity contribution in [3.8, 4) is 11.5 Å². The monoisotopic (exact) mass is 481 g/mol. The van der Waals surface area contributed by atoms with Crippen LogP contribution in [0, 0.1) is 5.92 Å². The van der Waals surface area contributed by atoms with Crippen LogP contribution in [-0.4, -0.2) is 74.4 Å². The number of carbonyl (C=O) groups is 2. The van der Waals surface area contributed by atoms with Gasteiger partial charge in [-0.1, -0.05) is 12.1 Å². The third-order valence-corrected chi connectivity index (χ3v) is 6.98. The molecule has 188 valence electrons. The summed E-state index contributed by atoms with van der Waals surface area (Å²) in [5, 5.41) is 12.2. The van der Waals surface area contributed by atoms with E-state index in [0.717, 1.165) is 49.6 Å². The van der Waals surface area contributed by atoms with Crippen LogP contribution in [0.5, 0.6) is 11.5 Å². The largest absolute Gasteiger partial charge is 0.497 e. The maximum atomic E-state index is 13.8. The number of nitrogens with zero attached hydrogens (tertiary/aromatic N) is 2. The molecule has 0 radical (unpaired) electrons. The number of anilines is 1. The molecule has 1 atom stereocenters. The summed E-state index contributed by atoms with van der Waals surface area (Å²) in [5.41, 5.74) is 1.91. The number of nitrogens with one attached hydrogen (secondary N) is 1. The molecular formula is C27H35N3O5. The molecule has 2 fully saturated rings. The smallest absolute Gasteiger partial charge is 0.341 e. The third-order valence-electron chi connectivity index (χ3n) is 6.98. The van der Waals surface area contributed by atoms with Gasteiger partial charge in [0.25, 0.3) is 0 Å². The van der Waals surface area contributed by atoms with Gasteiger partial charge in [0, 0.05) is 18.8 Å². The van der Waals surface area contributed by atoms with E-state index in [1.54, 1.807) is 19.2 Å². The van der Waals surface area contributed by atoms with Gasteiger partial charge < -0.3 is 24.8 Å². The van der Waals surface area contributed by atoms with Crippen molar-refractivity contribution in [3.05, 3.63) is 54.1 Å². The molecular weight excluding hydrogens is 446 g/mol. The highest BCUT2D eigenvalue weighted by Gasteiger charge is 2.35. The van der Waals surface area contributed by atoms with Crippen molar-refractivity contribution in [1.82, 2.24) is 10.2 Å². The number of hydrogen-bond acceptors (Lipinski definition) is 6. The second-order valence-electron chi connectivity index (χ2n) is 9.25. The number of amides is 1. The lowest BCUT2D eigenvalue weighted by molar-refractivity contribution is -0.139. The van der Waals surface area contributed by atoms with E-state index in [4.69, 9.17) is 14.6 Å². The van der Waals surface area contributed by atoms with Crippen LogP contribution in [0.4, 0.5) is 5.69 Å². The quantitative estimate of drug-likeness (QED) is 0.539. The Morgan fingerprint density at radius 3 is 2.37 bits per heavy atom. The Morgan fingerprint density at radius 2 is 1.71 bits per heavy atom. The first-order valence-electron chi connectivity index (χ1n) is 12.4. The zero-order valence-corrected chi connectivity index (χ0v) is 20.3. The van der Waals surface area contributed by atoms with Crippen molar-refractivity contribution in [2.24, 2.45) is 5.92 Å². The minimum absolute atomic E-state index is 0.0941. The maximum Gasteiger partial charge on any atom is 0.341 e. The van der Waals surface area contributed by atoms with E-state index in [0.29, 0.717) is 24.6 Å². The van der Waals surface area contributed by atoms with Crippen molar-refractivity contribution in [2.75, 3.05) is 51.3 Å². The highest BCUT2D eigenvalue weighted by atomic mass is 16.5. The summed E-state index contributed by atoms with van der Waals surface area (Å²) >= 11 is 0. The summed E-state index contributed by atoms with van der Waals surface area (Å²) < 4.78 is 10.5. The number of methoxy groups -OCH3 is 1. The topological polar surface area (TPSA) is 91.3 Å². The number of carboxylic acid groups (broad SMARTS) is 1. The molecule has 2 aromatic carbocycles. The number of carboxylic acids is 1. The number of ether oxygens (including phenoxy) is 2. The summed E-state index contributed by atoms with van der Waals surface area (Å²) in [4.78, 5) is 28.7. The van der Waals surface area contributed by atoms with Gasteiger partial charge in [0.15, 0.2) is 6.61 Å². The highest BCUT2D eigenvalue weighted by Crippen LogP contribution is 2.27. The molecule has 0 saturated carbocycles. The molecule has 0 bridgehead atoms. The molecule has 8 nitrogen and oxygen atoms in total. The fourth-order valence-electron chi connectivity index (χ4n) is 4.94. The summed E-state index contributed by atoms with van der Waals surface area (Å²) in [7, 11) is 1.65. The van der Waals surface area contributed by atoms with E-state index in [1.807, 2.05) is 41.3 Å². The Bertz CT molecular complexity index is 973. The van der Waals surface area contributed by atoms with Gasteiger partial charge in [-0.3, -0.25) is 9.69 Å². The number of benzene rings is 2. The van der Waals surface area contributed by atoms with E-state index in [2.05, 4.69) is 10.2 Å². The number of carbonyl (C=O) groups excluding carboxylic acids is 1. The Balaban J connectivity index is 1.47. The molecule has 0 aliphatic carbocycles. The van der Waals surface area contributed by atoms with Crippen LogP contribution in [0.1, 0.15) is 24.8 Å². The Morgan fingerprint density at radius 1 is 1.03 bits per heavy atom. The molecule has 2 saturated heterocycles. The first kappa shape index (κ1) is 25.0. The molecule has 4 rings (SSSR count). The fraction of sp³-hybridized carbons (Fsp3) is 0.481. The average molecular weight is 482 g/mol. The van der Waals surface area contributed by atoms with Crippen molar-refractivity contribution >= 4 is 17.6 Å². The molecule has 2 aliphatic rings. The molecule has 1 amide bonds.